The van der Waals surface area contributed by atoms with Crippen LogP contribution in [0, 0.1) is 0 Å². The van der Waals surface area contributed by atoms with Crippen molar-refractivity contribution < 1.29 is 17.9 Å². The number of hydrogen-bond acceptors (Lipinski definition) is 3. The Morgan fingerprint density at radius 1 is 1.05 bits per heavy atom. The summed E-state index contributed by atoms with van der Waals surface area (Å²) in [4.78, 5) is 11.4. The van der Waals surface area contributed by atoms with E-state index in [0.717, 1.165) is 0 Å². The first-order valence-electron chi connectivity index (χ1n) is 5.67. The van der Waals surface area contributed by atoms with Crippen molar-refractivity contribution in [2.24, 2.45) is 0 Å². The lowest BCUT2D eigenvalue weighted by Crippen LogP contribution is -2.16. The first kappa shape index (κ1) is 12.5. The van der Waals surface area contributed by atoms with Gasteiger partial charge in [-0.15, -0.1) is 13.2 Å². The number of aromatic amines is 1. The SMILES string of the molecule is FC(F)(F)Oc1ccc(-c2cnc3[nH]ccc3n2)cc1. The van der Waals surface area contributed by atoms with Gasteiger partial charge in [-0.3, -0.25) is 0 Å². The molecule has 0 saturated carbocycles. The van der Waals surface area contributed by atoms with Gasteiger partial charge in [-0.2, -0.15) is 0 Å². The van der Waals surface area contributed by atoms with Gasteiger partial charge in [0, 0.05) is 11.8 Å². The van der Waals surface area contributed by atoms with Crippen molar-refractivity contribution in [2.45, 2.75) is 6.36 Å². The lowest BCUT2D eigenvalue weighted by atomic mass is 10.1. The molecule has 0 fully saturated rings. The van der Waals surface area contributed by atoms with Gasteiger partial charge < -0.3 is 9.72 Å². The minimum atomic E-state index is -4.69. The second-order valence-corrected chi connectivity index (χ2v) is 4.04. The lowest BCUT2D eigenvalue weighted by molar-refractivity contribution is -0.274. The fraction of sp³-hybridized carbons (Fsp3) is 0.0769. The fourth-order valence-electron chi connectivity index (χ4n) is 1.80. The molecule has 0 unspecified atom stereocenters. The zero-order chi connectivity index (χ0) is 14.2. The highest BCUT2D eigenvalue weighted by atomic mass is 19.4. The molecular formula is C13H8F3N3O. The van der Waals surface area contributed by atoms with Gasteiger partial charge >= 0.3 is 6.36 Å². The number of nitrogens with zero attached hydrogens (tertiary/aromatic N) is 2. The molecule has 7 heteroatoms. The molecule has 0 aliphatic rings. The van der Waals surface area contributed by atoms with Crippen molar-refractivity contribution in [1.82, 2.24) is 15.0 Å². The molecule has 102 valence electrons. The summed E-state index contributed by atoms with van der Waals surface area (Å²) in [7, 11) is 0. The maximum absolute atomic E-state index is 12.1. The van der Waals surface area contributed by atoms with E-state index < -0.39 is 6.36 Å². The summed E-state index contributed by atoms with van der Waals surface area (Å²) in [6.45, 7) is 0. The quantitative estimate of drug-likeness (QED) is 0.780. The maximum atomic E-state index is 12.1. The Morgan fingerprint density at radius 3 is 2.50 bits per heavy atom. The van der Waals surface area contributed by atoms with E-state index in [0.29, 0.717) is 22.4 Å². The van der Waals surface area contributed by atoms with E-state index >= 15 is 0 Å². The number of benzene rings is 1. The third-order valence-corrected chi connectivity index (χ3v) is 2.64. The van der Waals surface area contributed by atoms with Crippen LogP contribution in [0.1, 0.15) is 0 Å². The summed E-state index contributed by atoms with van der Waals surface area (Å²) in [6.07, 6.45) is -1.42. The van der Waals surface area contributed by atoms with Gasteiger partial charge in [-0.05, 0) is 30.3 Å². The summed E-state index contributed by atoms with van der Waals surface area (Å²) in [5, 5.41) is 0. The van der Waals surface area contributed by atoms with Crippen molar-refractivity contribution in [2.75, 3.05) is 0 Å². The van der Waals surface area contributed by atoms with Gasteiger partial charge in [-0.1, -0.05) is 0 Å². The third-order valence-electron chi connectivity index (χ3n) is 2.64. The van der Waals surface area contributed by atoms with Gasteiger partial charge in [0.15, 0.2) is 5.65 Å². The van der Waals surface area contributed by atoms with Gasteiger partial charge in [0.2, 0.25) is 0 Å². The molecular weight excluding hydrogens is 271 g/mol. The molecule has 4 nitrogen and oxygen atoms in total. The molecule has 0 bridgehead atoms. The average Bonchev–Trinajstić information content (AvgIpc) is 2.85. The molecule has 2 aromatic heterocycles. The number of halogens is 3. The molecule has 0 amide bonds. The minimum Gasteiger partial charge on any atom is -0.406 e. The second kappa shape index (κ2) is 4.52. The van der Waals surface area contributed by atoms with E-state index in [1.54, 1.807) is 18.5 Å². The highest BCUT2D eigenvalue weighted by molar-refractivity contribution is 5.74. The molecule has 0 atom stereocenters. The number of aromatic nitrogens is 3. The Morgan fingerprint density at radius 2 is 1.80 bits per heavy atom. The predicted octanol–water partition coefficient (Wildman–Crippen LogP) is 3.52. The highest BCUT2D eigenvalue weighted by Crippen LogP contribution is 2.26. The van der Waals surface area contributed by atoms with Crippen LogP contribution in [0.15, 0.2) is 42.7 Å². The summed E-state index contributed by atoms with van der Waals surface area (Å²) >= 11 is 0. The number of alkyl halides is 3. The van der Waals surface area contributed by atoms with Crippen LogP contribution in [0.3, 0.4) is 0 Å². The fourth-order valence-corrected chi connectivity index (χ4v) is 1.80. The van der Waals surface area contributed by atoms with Crippen molar-refractivity contribution in [3.63, 3.8) is 0 Å². The van der Waals surface area contributed by atoms with Gasteiger partial charge in [0.1, 0.15) is 11.3 Å². The van der Waals surface area contributed by atoms with Crippen LogP contribution in [0.25, 0.3) is 22.4 Å². The van der Waals surface area contributed by atoms with Crippen LogP contribution in [-0.4, -0.2) is 21.3 Å². The molecule has 1 N–H and O–H groups in total. The molecule has 3 rings (SSSR count). The zero-order valence-electron chi connectivity index (χ0n) is 9.98. The van der Waals surface area contributed by atoms with Gasteiger partial charge in [-0.25, -0.2) is 9.97 Å². The largest absolute Gasteiger partial charge is 0.573 e. The van der Waals surface area contributed by atoms with Gasteiger partial charge in [0.05, 0.1) is 11.9 Å². The van der Waals surface area contributed by atoms with E-state index in [4.69, 9.17) is 0 Å². The maximum Gasteiger partial charge on any atom is 0.573 e. The topological polar surface area (TPSA) is 50.8 Å². The number of rotatable bonds is 2. The van der Waals surface area contributed by atoms with Crippen LogP contribution in [0.5, 0.6) is 5.75 Å². The van der Waals surface area contributed by atoms with E-state index in [1.807, 2.05) is 0 Å². The van der Waals surface area contributed by atoms with Crippen LogP contribution in [0.2, 0.25) is 0 Å². The molecule has 20 heavy (non-hydrogen) atoms. The Bertz CT molecular complexity index is 734. The van der Waals surface area contributed by atoms with E-state index in [9.17, 15) is 13.2 Å². The number of nitrogens with one attached hydrogen (secondary N) is 1. The van der Waals surface area contributed by atoms with Crippen molar-refractivity contribution >= 4 is 11.2 Å². The summed E-state index contributed by atoms with van der Waals surface area (Å²) in [5.41, 5.74) is 2.59. The molecule has 0 radical (unpaired) electrons. The van der Waals surface area contributed by atoms with Gasteiger partial charge in [0.25, 0.3) is 0 Å². The van der Waals surface area contributed by atoms with Crippen molar-refractivity contribution in [3.05, 3.63) is 42.7 Å². The molecule has 0 aliphatic heterocycles. The van der Waals surface area contributed by atoms with E-state index in [1.165, 1.54) is 24.3 Å². The van der Waals surface area contributed by atoms with Crippen LogP contribution in [-0.2, 0) is 0 Å². The predicted molar refractivity (Wildman–Crippen MR) is 66.0 cm³/mol. The smallest absolute Gasteiger partial charge is 0.406 e. The summed E-state index contributed by atoms with van der Waals surface area (Å²) in [5.74, 6) is -0.267. The molecule has 2 heterocycles. The third kappa shape index (κ3) is 2.56. The summed E-state index contributed by atoms with van der Waals surface area (Å²) in [6, 6.07) is 7.26. The van der Waals surface area contributed by atoms with Crippen LogP contribution >= 0.6 is 0 Å². The molecule has 1 aromatic carbocycles. The lowest BCUT2D eigenvalue weighted by Gasteiger charge is -2.09. The zero-order valence-corrected chi connectivity index (χ0v) is 9.98. The number of hydrogen-bond donors (Lipinski definition) is 1. The molecule has 3 aromatic rings. The standard InChI is InChI=1S/C13H8F3N3O/c14-13(15,16)20-9-3-1-8(2-4-9)11-7-18-12-10(19-11)5-6-17-12/h1-7H,(H,17,18). The normalized spacial score (nSPS) is 11.8. The Hall–Kier alpha value is -2.57. The minimum absolute atomic E-state index is 0.267. The van der Waals surface area contributed by atoms with E-state index in [2.05, 4.69) is 19.7 Å². The summed E-state index contributed by atoms with van der Waals surface area (Å²) < 4.78 is 40.0. The highest BCUT2D eigenvalue weighted by Gasteiger charge is 2.30. The Kier molecular flexibility index (Phi) is 2.81. The second-order valence-electron chi connectivity index (χ2n) is 4.04. The Balaban J connectivity index is 1.90. The van der Waals surface area contributed by atoms with Crippen LogP contribution in [0.4, 0.5) is 13.2 Å². The first-order chi connectivity index (χ1) is 9.51. The monoisotopic (exact) mass is 279 g/mol. The van der Waals surface area contributed by atoms with Crippen molar-refractivity contribution in [3.8, 4) is 17.0 Å². The molecule has 0 saturated heterocycles. The van der Waals surface area contributed by atoms with E-state index in [-0.39, 0.29) is 5.75 Å². The average molecular weight is 279 g/mol. The van der Waals surface area contributed by atoms with Crippen molar-refractivity contribution in [1.29, 1.82) is 0 Å². The molecule has 0 spiro atoms. The van der Waals surface area contributed by atoms with Crippen LogP contribution < -0.4 is 4.74 Å². The number of fused-ring (bicyclic) bond motifs is 1. The number of ether oxygens (including phenoxy) is 1. The Labute approximate surface area is 111 Å². The number of H-pyrrole nitrogens is 1. The first-order valence-corrected chi connectivity index (χ1v) is 5.67. The molecule has 0 aliphatic carbocycles.